The maximum absolute atomic E-state index is 13.1. The van der Waals surface area contributed by atoms with Crippen LogP contribution in [-0.2, 0) is 16.0 Å². The van der Waals surface area contributed by atoms with Gasteiger partial charge in [-0.05, 0) is 49.4 Å². The molecule has 120 valence electrons. The van der Waals surface area contributed by atoms with Crippen LogP contribution in [-0.4, -0.2) is 47.3 Å². The molecule has 2 atom stereocenters. The minimum absolute atomic E-state index is 0.0263. The average molecular weight is 307 g/mol. The van der Waals surface area contributed by atoms with Gasteiger partial charge < -0.3 is 14.7 Å². The van der Waals surface area contributed by atoms with Gasteiger partial charge in [0.05, 0.1) is 12.0 Å². The zero-order valence-corrected chi connectivity index (χ0v) is 12.8. The van der Waals surface area contributed by atoms with Crippen LogP contribution in [0.1, 0.15) is 30.4 Å². The Morgan fingerprint density at radius 2 is 2.32 bits per heavy atom. The average Bonchev–Trinajstić information content (AvgIpc) is 2.95. The normalized spacial score (nSPS) is 28.3. The van der Waals surface area contributed by atoms with Crippen LogP contribution in [0.3, 0.4) is 0 Å². The number of amides is 1. The zero-order chi connectivity index (χ0) is 15.7. The van der Waals surface area contributed by atoms with Crippen LogP contribution in [0, 0.1) is 12.7 Å². The number of halogens is 1. The van der Waals surface area contributed by atoms with E-state index in [2.05, 4.69) is 0 Å². The summed E-state index contributed by atoms with van der Waals surface area (Å²) in [5, 5.41) is 10.4. The summed E-state index contributed by atoms with van der Waals surface area (Å²) < 4.78 is 18.9. The molecule has 1 aromatic rings. The van der Waals surface area contributed by atoms with Gasteiger partial charge in [0.25, 0.3) is 0 Å². The lowest BCUT2D eigenvalue weighted by Crippen LogP contribution is -2.56. The summed E-state index contributed by atoms with van der Waals surface area (Å²) >= 11 is 0. The number of likely N-dealkylation sites (tertiary alicyclic amines) is 1. The molecule has 1 amide bonds. The topological polar surface area (TPSA) is 49.8 Å². The maximum atomic E-state index is 13.1. The minimum atomic E-state index is -0.623. The number of aryl methyl sites for hydroxylation is 1. The number of hydrogen-bond donors (Lipinski definition) is 1. The van der Waals surface area contributed by atoms with Gasteiger partial charge in [-0.2, -0.15) is 0 Å². The van der Waals surface area contributed by atoms with E-state index in [9.17, 15) is 14.3 Å². The highest BCUT2D eigenvalue weighted by Crippen LogP contribution is 2.36. The van der Waals surface area contributed by atoms with Crippen molar-refractivity contribution in [2.24, 2.45) is 0 Å². The van der Waals surface area contributed by atoms with Crippen LogP contribution in [0.5, 0.6) is 0 Å². The molecule has 0 aromatic heterocycles. The highest BCUT2D eigenvalue weighted by molar-refractivity contribution is 5.79. The lowest BCUT2D eigenvalue weighted by Gasteiger charge is -2.42. The van der Waals surface area contributed by atoms with E-state index in [0.29, 0.717) is 26.1 Å². The molecule has 2 heterocycles. The molecule has 22 heavy (non-hydrogen) atoms. The second-order valence-electron chi connectivity index (χ2n) is 6.37. The van der Waals surface area contributed by atoms with Gasteiger partial charge in [-0.1, -0.05) is 6.07 Å². The number of β-amino-alcohol motifs (C(OH)–C–C–N with tert-alkyl or cyclic N) is 1. The molecule has 1 aromatic carbocycles. The van der Waals surface area contributed by atoms with E-state index >= 15 is 0 Å². The van der Waals surface area contributed by atoms with Gasteiger partial charge in [-0.15, -0.1) is 0 Å². The fourth-order valence-electron chi connectivity index (χ4n) is 3.50. The molecular formula is C17H22FNO3. The number of piperidine rings is 1. The zero-order valence-electron chi connectivity index (χ0n) is 12.8. The van der Waals surface area contributed by atoms with Crippen LogP contribution < -0.4 is 0 Å². The van der Waals surface area contributed by atoms with Crippen molar-refractivity contribution >= 4 is 5.91 Å². The number of rotatable bonds is 2. The van der Waals surface area contributed by atoms with Crippen LogP contribution in [0.15, 0.2) is 18.2 Å². The second-order valence-corrected chi connectivity index (χ2v) is 6.37. The molecule has 2 fully saturated rings. The van der Waals surface area contributed by atoms with Gasteiger partial charge in [-0.3, -0.25) is 4.79 Å². The van der Waals surface area contributed by atoms with E-state index in [1.165, 1.54) is 12.1 Å². The predicted octanol–water partition coefficient (Wildman–Crippen LogP) is 1.82. The second kappa shape index (κ2) is 5.97. The van der Waals surface area contributed by atoms with Crippen molar-refractivity contribution in [2.45, 2.75) is 44.3 Å². The summed E-state index contributed by atoms with van der Waals surface area (Å²) in [6.45, 7) is 3.42. The lowest BCUT2D eigenvalue weighted by atomic mass is 9.86. The Labute approximate surface area is 129 Å². The van der Waals surface area contributed by atoms with E-state index in [1.54, 1.807) is 17.9 Å². The summed E-state index contributed by atoms with van der Waals surface area (Å²) in [7, 11) is 0. The van der Waals surface area contributed by atoms with Crippen LogP contribution in [0.4, 0.5) is 4.39 Å². The third-order valence-corrected chi connectivity index (χ3v) is 4.94. The number of aliphatic hydroxyl groups is 1. The summed E-state index contributed by atoms with van der Waals surface area (Å²) in [6.07, 6.45) is 2.14. The van der Waals surface area contributed by atoms with Crippen molar-refractivity contribution in [3.63, 3.8) is 0 Å². The van der Waals surface area contributed by atoms with Gasteiger partial charge in [0.15, 0.2) is 0 Å². The van der Waals surface area contributed by atoms with E-state index in [-0.39, 0.29) is 18.1 Å². The van der Waals surface area contributed by atoms with Crippen molar-refractivity contribution in [3.05, 3.63) is 35.1 Å². The van der Waals surface area contributed by atoms with Crippen molar-refractivity contribution in [1.29, 1.82) is 0 Å². The summed E-state index contributed by atoms with van der Waals surface area (Å²) in [6, 6.07) is 4.47. The summed E-state index contributed by atoms with van der Waals surface area (Å²) in [5.74, 6) is -0.316. The SMILES string of the molecule is Cc1cc(F)ccc1CC(=O)N1CC[C@@]2(CCCO2)[C@@H](O)C1. The molecule has 0 saturated carbocycles. The molecular weight excluding hydrogens is 285 g/mol. The number of carbonyl (C=O) groups excluding carboxylic acids is 1. The van der Waals surface area contributed by atoms with E-state index in [1.807, 2.05) is 0 Å². The Hall–Kier alpha value is -1.46. The Morgan fingerprint density at radius 1 is 1.50 bits per heavy atom. The van der Waals surface area contributed by atoms with Crippen molar-refractivity contribution in [2.75, 3.05) is 19.7 Å². The molecule has 3 rings (SSSR count). The molecule has 2 aliphatic rings. The van der Waals surface area contributed by atoms with Gasteiger partial charge in [0.2, 0.25) is 5.91 Å². The van der Waals surface area contributed by atoms with E-state index in [0.717, 1.165) is 24.0 Å². The van der Waals surface area contributed by atoms with Gasteiger partial charge in [0.1, 0.15) is 11.9 Å². The maximum Gasteiger partial charge on any atom is 0.227 e. The van der Waals surface area contributed by atoms with Crippen molar-refractivity contribution in [1.82, 2.24) is 4.90 Å². The molecule has 1 N–H and O–H groups in total. The molecule has 0 aliphatic carbocycles. The van der Waals surface area contributed by atoms with Gasteiger partial charge >= 0.3 is 0 Å². The van der Waals surface area contributed by atoms with Crippen molar-refractivity contribution < 1.29 is 19.0 Å². The van der Waals surface area contributed by atoms with Gasteiger partial charge in [0, 0.05) is 19.7 Å². The Kier molecular flexibility index (Phi) is 4.19. The number of nitrogens with zero attached hydrogens (tertiary/aromatic N) is 1. The molecule has 2 saturated heterocycles. The molecule has 0 unspecified atom stereocenters. The Morgan fingerprint density at radius 3 is 2.95 bits per heavy atom. The molecule has 0 bridgehead atoms. The Bertz CT molecular complexity index is 569. The fraction of sp³-hybridized carbons (Fsp3) is 0.588. The summed E-state index contributed by atoms with van der Waals surface area (Å²) in [4.78, 5) is 14.1. The minimum Gasteiger partial charge on any atom is -0.388 e. The van der Waals surface area contributed by atoms with Crippen LogP contribution in [0.25, 0.3) is 0 Å². The first-order chi connectivity index (χ1) is 10.5. The predicted molar refractivity (Wildman–Crippen MR) is 80.0 cm³/mol. The van der Waals surface area contributed by atoms with Crippen LogP contribution in [0.2, 0.25) is 0 Å². The number of carbonyl (C=O) groups is 1. The first kappa shape index (κ1) is 15.4. The molecule has 2 aliphatic heterocycles. The fourth-order valence-corrected chi connectivity index (χ4v) is 3.50. The largest absolute Gasteiger partial charge is 0.388 e. The van der Waals surface area contributed by atoms with Crippen LogP contribution >= 0.6 is 0 Å². The molecule has 4 nitrogen and oxygen atoms in total. The van der Waals surface area contributed by atoms with E-state index < -0.39 is 11.7 Å². The quantitative estimate of drug-likeness (QED) is 0.907. The van der Waals surface area contributed by atoms with E-state index in [4.69, 9.17) is 4.74 Å². The highest BCUT2D eigenvalue weighted by Gasteiger charge is 2.46. The highest BCUT2D eigenvalue weighted by atomic mass is 19.1. The number of ether oxygens (including phenoxy) is 1. The standard InChI is InChI=1S/C17H22FNO3/c1-12-9-14(18)4-3-13(12)10-16(21)19-7-6-17(15(20)11-19)5-2-8-22-17/h3-4,9,15,20H,2,5-8,10-11H2,1H3/t15-,17-/m0/s1. The first-order valence-electron chi connectivity index (χ1n) is 7.85. The smallest absolute Gasteiger partial charge is 0.227 e. The number of aliphatic hydroxyl groups excluding tert-OH is 1. The lowest BCUT2D eigenvalue weighted by molar-refractivity contribution is -0.151. The monoisotopic (exact) mass is 307 g/mol. The molecule has 0 radical (unpaired) electrons. The molecule has 1 spiro atoms. The number of benzene rings is 1. The molecule has 5 heteroatoms. The first-order valence-corrected chi connectivity index (χ1v) is 7.85. The summed E-state index contributed by atoms with van der Waals surface area (Å²) in [5.41, 5.74) is 1.17. The number of hydrogen-bond acceptors (Lipinski definition) is 3. The third-order valence-electron chi connectivity index (χ3n) is 4.94. The third kappa shape index (κ3) is 2.88. The van der Waals surface area contributed by atoms with Gasteiger partial charge in [-0.25, -0.2) is 4.39 Å². The van der Waals surface area contributed by atoms with Crippen molar-refractivity contribution in [3.8, 4) is 0 Å². The Balaban J connectivity index is 1.64.